The third kappa shape index (κ3) is 3.72. The van der Waals surface area contributed by atoms with Crippen LogP contribution in [0.3, 0.4) is 0 Å². The van der Waals surface area contributed by atoms with Crippen molar-refractivity contribution in [2.45, 2.75) is 6.04 Å². The first-order chi connectivity index (χ1) is 15.3. The lowest BCUT2D eigenvalue weighted by Gasteiger charge is -2.25. The summed E-state index contributed by atoms with van der Waals surface area (Å²) in [4.78, 5) is 27.4. The summed E-state index contributed by atoms with van der Waals surface area (Å²) in [6.07, 6.45) is 0. The fraction of sp³-hybridized carbons (Fsp3) is 0.0833. The van der Waals surface area contributed by atoms with Crippen molar-refractivity contribution in [2.75, 3.05) is 12.0 Å². The van der Waals surface area contributed by atoms with Gasteiger partial charge in [-0.25, -0.2) is 4.39 Å². The monoisotopic (exact) mass is 471 g/mol. The fourth-order valence-corrected chi connectivity index (χ4v) is 4.33. The number of carbonyl (C=O) groups excluding carboxylic acids is 2. The Kier molecular flexibility index (Phi) is 5.91. The second-order valence-electron chi connectivity index (χ2n) is 7.03. The van der Waals surface area contributed by atoms with Crippen LogP contribution in [0.2, 0.25) is 10.0 Å². The lowest BCUT2D eigenvalue weighted by molar-refractivity contribution is -0.132. The zero-order chi connectivity index (χ0) is 23.0. The Bertz CT molecular complexity index is 1260. The second kappa shape index (κ2) is 8.65. The highest BCUT2D eigenvalue weighted by molar-refractivity contribution is 6.51. The smallest absolute Gasteiger partial charge is 0.300 e. The van der Waals surface area contributed by atoms with E-state index in [4.69, 9.17) is 27.9 Å². The van der Waals surface area contributed by atoms with Gasteiger partial charge < -0.3 is 9.84 Å². The van der Waals surface area contributed by atoms with E-state index >= 15 is 0 Å². The first-order valence-corrected chi connectivity index (χ1v) is 10.2. The number of ketones is 1. The Morgan fingerprint density at radius 2 is 1.75 bits per heavy atom. The maximum atomic E-state index is 14.0. The molecule has 1 atom stereocenters. The van der Waals surface area contributed by atoms with E-state index in [9.17, 15) is 19.1 Å². The zero-order valence-electron chi connectivity index (χ0n) is 16.7. The fourth-order valence-electron chi connectivity index (χ4n) is 3.76. The number of rotatable bonds is 4. The Morgan fingerprint density at radius 1 is 1.03 bits per heavy atom. The molecule has 0 aliphatic carbocycles. The van der Waals surface area contributed by atoms with Gasteiger partial charge in [0, 0.05) is 10.7 Å². The maximum absolute atomic E-state index is 14.0. The number of nitrogens with zero attached hydrogens (tertiary/aromatic N) is 1. The molecule has 1 amide bonds. The number of hydrogen-bond acceptors (Lipinski definition) is 4. The average molecular weight is 472 g/mol. The van der Waals surface area contributed by atoms with Gasteiger partial charge in [-0.3, -0.25) is 14.5 Å². The molecule has 0 aromatic heterocycles. The predicted molar refractivity (Wildman–Crippen MR) is 121 cm³/mol. The lowest BCUT2D eigenvalue weighted by Crippen LogP contribution is -2.29. The lowest BCUT2D eigenvalue weighted by atomic mass is 9.95. The molecule has 162 valence electrons. The van der Waals surface area contributed by atoms with E-state index in [0.717, 1.165) is 11.0 Å². The van der Waals surface area contributed by atoms with E-state index in [1.165, 1.54) is 37.4 Å². The van der Waals surface area contributed by atoms with Crippen molar-refractivity contribution in [3.8, 4) is 5.75 Å². The summed E-state index contributed by atoms with van der Waals surface area (Å²) < 4.78 is 19.3. The van der Waals surface area contributed by atoms with Gasteiger partial charge in [-0.2, -0.15) is 0 Å². The van der Waals surface area contributed by atoms with Crippen molar-refractivity contribution < 1.29 is 23.8 Å². The van der Waals surface area contributed by atoms with Gasteiger partial charge in [-0.1, -0.05) is 59.6 Å². The molecule has 1 aliphatic heterocycles. The number of benzene rings is 3. The Balaban J connectivity index is 2.01. The topological polar surface area (TPSA) is 66.8 Å². The van der Waals surface area contributed by atoms with Crippen LogP contribution >= 0.6 is 23.2 Å². The van der Waals surface area contributed by atoms with Gasteiger partial charge in [0.25, 0.3) is 11.7 Å². The molecule has 0 bridgehead atoms. The number of anilines is 1. The summed E-state index contributed by atoms with van der Waals surface area (Å²) in [6, 6.07) is 15.8. The second-order valence-corrected chi connectivity index (χ2v) is 7.87. The van der Waals surface area contributed by atoms with E-state index in [0.29, 0.717) is 5.56 Å². The molecule has 32 heavy (non-hydrogen) atoms. The van der Waals surface area contributed by atoms with Crippen LogP contribution in [0.1, 0.15) is 17.2 Å². The minimum Gasteiger partial charge on any atom is -0.507 e. The first kappa shape index (κ1) is 21.9. The normalized spacial score (nSPS) is 17.6. The Morgan fingerprint density at radius 3 is 2.41 bits per heavy atom. The highest BCUT2D eigenvalue weighted by Gasteiger charge is 2.47. The molecule has 0 radical (unpaired) electrons. The van der Waals surface area contributed by atoms with Crippen molar-refractivity contribution in [3.05, 3.63) is 99.3 Å². The quantitative estimate of drug-likeness (QED) is 0.298. The number of aliphatic hydroxyl groups excluding tert-OH is 1. The molecule has 0 saturated carbocycles. The average Bonchev–Trinajstić information content (AvgIpc) is 3.04. The van der Waals surface area contributed by atoms with Gasteiger partial charge in [0.1, 0.15) is 17.3 Å². The molecule has 8 heteroatoms. The van der Waals surface area contributed by atoms with Gasteiger partial charge >= 0.3 is 0 Å². The SMILES string of the molecule is COc1c(Cl)cc(Cl)cc1/C(O)=C1\C(=O)C(=O)N(c2cccc(F)c2)C1c1ccccc1. The van der Waals surface area contributed by atoms with Crippen molar-refractivity contribution in [3.63, 3.8) is 0 Å². The van der Waals surface area contributed by atoms with Crippen molar-refractivity contribution >= 4 is 46.3 Å². The van der Waals surface area contributed by atoms with Crippen molar-refractivity contribution in [1.82, 2.24) is 0 Å². The number of Topliss-reactive ketones (excluding diaryl/α,β-unsaturated/α-hetero) is 1. The van der Waals surface area contributed by atoms with Gasteiger partial charge in [0.2, 0.25) is 0 Å². The molecule has 4 rings (SSSR count). The number of methoxy groups -OCH3 is 1. The molecule has 1 aliphatic rings. The number of hydrogen-bond donors (Lipinski definition) is 1. The minimum atomic E-state index is -1.01. The van der Waals surface area contributed by atoms with Crippen LogP contribution in [0, 0.1) is 5.82 Å². The van der Waals surface area contributed by atoms with E-state index in [1.54, 1.807) is 30.3 Å². The summed E-state index contributed by atoms with van der Waals surface area (Å²) in [5.74, 6) is -2.81. The van der Waals surface area contributed by atoms with Crippen LogP contribution < -0.4 is 9.64 Å². The van der Waals surface area contributed by atoms with E-state index in [2.05, 4.69) is 0 Å². The number of ether oxygens (including phenoxy) is 1. The van der Waals surface area contributed by atoms with E-state index in [-0.39, 0.29) is 32.6 Å². The van der Waals surface area contributed by atoms with Crippen molar-refractivity contribution in [1.29, 1.82) is 0 Å². The van der Waals surface area contributed by atoms with Crippen LogP contribution in [0.15, 0.2) is 72.3 Å². The molecule has 1 unspecified atom stereocenters. The highest BCUT2D eigenvalue weighted by Crippen LogP contribution is 2.44. The molecule has 1 N–H and O–H groups in total. The standard InChI is InChI=1S/C24H16Cl2FNO4/c1-32-23-17(10-14(25)11-18(23)26)21(29)19-20(13-6-3-2-4-7-13)28(24(31)22(19)30)16-9-5-8-15(27)12-16/h2-12,20,29H,1H3/b21-19+. The maximum Gasteiger partial charge on any atom is 0.300 e. The largest absolute Gasteiger partial charge is 0.507 e. The molecule has 1 saturated heterocycles. The minimum absolute atomic E-state index is 0.0585. The molecule has 0 spiro atoms. The molecule has 5 nitrogen and oxygen atoms in total. The van der Waals surface area contributed by atoms with Crippen molar-refractivity contribution in [2.24, 2.45) is 0 Å². The Hall–Kier alpha value is -3.35. The number of amides is 1. The van der Waals surface area contributed by atoms with Crippen LogP contribution in [-0.2, 0) is 9.59 Å². The van der Waals surface area contributed by atoms with Crippen LogP contribution in [0.25, 0.3) is 5.76 Å². The number of halogens is 3. The van der Waals surface area contributed by atoms with Gasteiger partial charge in [0.05, 0.1) is 29.3 Å². The van der Waals surface area contributed by atoms with Crippen LogP contribution in [-0.4, -0.2) is 23.9 Å². The summed E-state index contributed by atoms with van der Waals surface area (Å²) >= 11 is 12.3. The van der Waals surface area contributed by atoms with Gasteiger partial charge in [0.15, 0.2) is 0 Å². The van der Waals surface area contributed by atoms with Gasteiger partial charge in [-0.05, 0) is 35.9 Å². The van der Waals surface area contributed by atoms with E-state index in [1.807, 2.05) is 0 Å². The molecular formula is C24H16Cl2FNO4. The predicted octanol–water partition coefficient (Wildman–Crippen LogP) is 5.77. The zero-order valence-corrected chi connectivity index (χ0v) is 18.2. The molecule has 1 fully saturated rings. The summed E-state index contributed by atoms with van der Waals surface area (Å²) in [6.45, 7) is 0. The Labute approximate surface area is 193 Å². The van der Waals surface area contributed by atoms with Gasteiger partial charge in [-0.15, -0.1) is 0 Å². The molecule has 3 aromatic carbocycles. The molecular weight excluding hydrogens is 456 g/mol. The highest BCUT2D eigenvalue weighted by atomic mass is 35.5. The number of carbonyl (C=O) groups is 2. The summed E-state index contributed by atoms with van der Waals surface area (Å²) in [5, 5.41) is 11.6. The summed E-state index contributed by atoms with van der Waals surface area (Å²) in [7, 11) is 1.35. The first-order valence-electron chi connectivity index (χ1n) is 9.48. The summed E-state index contributed by atoms with van der Waals surface area (Å²) in [5.41, 5.74) is 0.589. The van der Waals surface area contributed by atoms with Crippen LogP contribution in [0.5, 0.6) is 5.75 Å². The van der Waals surface area contributed by atoms with E-state index < -0.39 is 29.3 Å². The third-order valence-electron chi connectivity index (χ3n) is 5.11. The third-order valence-corrected chi connectivity index (χ3v) is 5.61. The molecule has 3 aromatic rings. The molecule has 1 heterocycles. The van der Waals surface area contributed by atoms with Crippen LogP contribution in [0.4, 0.5) is 10.1 Å². The number of aliphatic hydroxyl groups is 1.